The summed E-state index contributed by atoms with van der Waals surface area (Å²) in [5, 5.41) is 4.03. The lowest BCUT2D eigenvalue weighted by Crippen LogP contribution is -1.98. The van der Waals surface area contributed by atoms with Crippen LogP contribution >= 0.6 is 0 Å². The summed E-state index contributed by atoms with van der Waals surface area (Å²) in [7, 11) is 0. The van der Waals surface area contributed by atoms with Crippen molar-refractivity contribution in [3.8, 4) is 34.1 Å². The van der Waals surface area contributed by atoms with Crippen LogP contribution in [0.3, 0.4) is 0 Å². The molecule has 0 atom stereocenters. The molecule has 0 bridgehead atoms. The second-order valence-corrected chi connectivity index (χ2v) is 6.44. The van der Waals surface area contributed by atoms with E-state index < -0.39 is 0 Å². The molecular weight excluding hydrogens is 343 g/mol. The van der Waals surface area contributed by atoms with Crippen molar-refractivity contribution in [3.05, 3.63) is 71.4 Å². The molecule has 6 heteroatoms. The second-order valence-electron chi connectivity index (χ2n) is 6.44. The fourth-order valence-electron chi connectivity index (χ4n) is 2.94. The SMILES string of the molecule is Cc1cccc(-c2nc(-c3cc(-c4cnccc4C)c(F)c(C)n3)no2)c1. The number of hydrogen-bond acceptors (Lipinski definition) is 5. The molecule has 0 aliphatic carbocycles. The normalized spacial score (nSPS) is 11.0. The van der Waals surface area contributed by atoms with Gasteiger partial charge in [0, 0.05) is 29.1 Å². The lowest BCUT2D eigenvalue weighted by atomic mass is 10.0. The minimum absolute atomic E-state index is 0.271. The first-order valence-electron chi connectivity index (χ1n) is 8.52. The van der Waals surface area contributed by atoms with Gasteiger partial charge in [0.15, 0.2) is 5.82 Å². The number of hydrogen-bond donors (Lipinski definition) is 0. The van der Waals surface area contributed by atoms with E-state index in [9.17, 15) is 4.39 Å². The van der Waals surface area contributed by atoms with Crippen molar-refractivity contribution in [2.24, 2.45) is 0 Å². The monoisotopic (exact) mass is 360 g/mol. The van der Waals surface area contributed by atoms with Crippen LogP contribution in [0.1, 0.15) is 16.8 Å². The first-order valence-corrected chi connectivity index (χ1v) is 8.52. The maximum Gasteiger partial charge on any atom is 0.258 e. The summed E-state index contributed by atoms with van der Waals surface area (Å²) in [5.41, 5.74) is 4.71. The summed E-state index contributed by atoms with van der Waals surface area (Å²) in [4.78, 5) is 12.9. The van der Waals surface area contributed by atoms with Crippen LogP contribution in [0.25, 0.3) is 34.1 Å². The molecule has 0 unspecified atom stereocenters. The molecule has 3 heterocycles. The van der Waals surface area contributed by atoms with Gasteiger partial charge >= 0.3 is 0 Å². The van der Waals surface area contributed by atoms with E-state index in [4.69, 9.17) is 4.52 Å². The Morgan fingerprint density at radius 3 is 2.59 bits per heavy atom. The van der Waals surface area contributed by atoms with Gasteiger partial charge < -0.3 is 4.52 Å². The lowest BCUT2D eigenvalue weighted by Gasteiger charge is -2.09. The zero-order chi connectivity index (χ0) is 19.0. The first-order chi connectivity index (χ1) is 13.0. The molecule has 27 heavy (non-hydrogen) atoms. The second kappa shape index (κ2) is 6.72. The number of halogens is 1. The Kier molecular flexibility index (Phi) is 4.24. The Morgan fingerprint density at radius 2 is 1.81 bits per heavy atom. The van der Waals surface area contributed by atoms with Gasteiger partial charge in [-0.05, 0) is 50.6 Å². The van der Waals surface area contributed by atoms with Crippen LogP contribution in [0.2, 0.25) is 0 Å². The van der Waals surface area contributed by atoms with Crippen LogP contribution < -0.4 is 0 Å². The van der Waals surface area contributed by atoms with Gasteiger partial charge in [0.2, 0.25) is 5.82 Å². The summed E-state index contributed by atoms with van der Waals surface area (Å²) < 4.78 is 20.1. The lowest BCUT2D eigenvalue weighted by molar-refractivity contribution is 0.432. The fraction of sp³-hybridized carbons (Fsp3) is 0.143. The highest BCUT2D eigenvalue weighted by Gasteiger charge is 2.18. The molecule has 0 aliphatic rings. The predicted octanol–water partition coefficient (Wildman–Crippen LogP) is 4.92. The van der Waals surface area contributed by atoms with E-state index in [-0.39, 0.29) is 11.5 Å². The minimum Gasteiger partial charge on any atom is -0.334 e. The first kappa shape index (κ1) is 17.0. The Bertz CT molecular complexity index is 1140. The molecule has 4 rings (SSSR count). The van der Waals surface area contributed by atoms with Gasteiger partial charge in [-0.15, -0.1) is 0 Å². The number of benzene rings is 1. The predicted molar refractivity (Wildman–Crippen MR) is 100 cm³/mol. The van der Waals surface area contributed by atoms with Crippen LogP contribution in [0, 0.1) is 26.6 Å². The molecule has 3 aromatic heterocycles. The van der Waals surface area contributed by atoms with Gasteiger partial charge in [-0.2, -0.15) is 4.98 Å². The third-order valence-corrected chi connectivity index (χ3v) is 4.37. The molecule has 134 valence electrons. The van der Waals surface area contributed by atoms with E-state index in [1.165, 1.54) is 0 Å². The van der Waals surface area contributed by atoms with Crippen molar-refractivity contribution in [1.82, 2.24) is 20.1 Å². The highest BCUT2D eigenvalue weighted by Crippen LogP contribution is 2.30. The molecule has 0 saturated heterocycles. The topological polar surface area (TPSA) is 64.7 Å². The third kappa shape index (κ3) is 3.21. The van der Waals surface area contributed by atoms with E-state index in [0.717, 1.165) is 16.7 Å². The van der Waals surface area contributed by atoms with E-state index in [1.807, 2.05) is 44.2 Å². The van der Waals surface area contributed by atoms with Gasteiger partial charge in [0.1, 0.15) is 5.69 Å². The van der Waals surface area contributed by atoms with Crippen molar-refractivity contribution in [2.75, 3.05) is 0 Å². The number of aryl methyl sites for hydroxylation is 3. The van der Waals surface area contributed by atoms with Crippen molar-refractivity contribution in [1.29, 1.82) is 0 Å². The summed E-state index contributed by atoms with van der Waals surface area (Å²) in [6.45, 7) is 5.53. The molecule has 0 amide bonds. The highest BCUT2D eigenvalue weighted by molar-refractivity contribution is 5.71. The molecule has 0 aliphatic heterocycles. The van der Waals surface area contributed by atoms with E-state index in [2.05, 4.69) is 20.1 Å². The molecule has 4 aromatic rings. The molecule has 0 radical (unpaired) electrons. The molecule has 5 nitrogen and oxygen atoms in total. The Morgan fingerprint density at radius 1 is 0.963 bits per heavy atom. The van der Waals surface area contributed by atoms with Crippen LogP contribution in [0.15, 0.2) is 53.3 Å². The van der Waals surface area contributed by atoms with Crippen LogP contribution in [-0.2, 0) is 0 Å². The molecule has 0 spiro atoms. The average Bonchev–Trinajstić information content (AvgIpc) is 3.15. The fourth-order valence-corrected chi connectivity index (χ4v) is 2.94. The Hall–Kier alpha value is -3.41. The number of nitrogens with zero attached hydrogens (tertiary/aromatic N) is 4. The third-order valence-electron chi connectivity index (χ3n) is 4.37. The standard InChI is InChI=1S/C21H17FN4O/c1-12-5-4-6-15(9-12)21-25-20(26-27-21)18-10-16(19(22)14(3)24-18)17-11-23-8-7-13(17)2/h4-11H,1-3H3. The van der Waals surface area contributed by atoms with Crippen molar-refractivity contribution in [3.63, 3.8) is 0 Å². The molecular formula is C21H17FN4O. The summed E-state index contributed by atoms with van der Waals surface area (Å²) in [6.07, 6.45) is 3.32. The minimum atomic E-state index is -0.378. The number of pyridine rings is 2. The molecule has 0 saturated carbocycles. The summed E-state index contributed by atoms with van der Waals surface area (Å²) in [6, 6.07) is 11.3. The van der Waals surface area contributed by atoms with E-state index >= 15 is 0 Å². The number of rotatable bonds is 3. The van der Waals surface area contributed by atoms with E-state index in [1.54, 1.807) is 25.4 Å². The van der Waals surface area contributed by atoms with Gasteiger partial charge in [-0.1, -0.05) is 22.9 Å². The maximum absolute atomic E-state index is 14.7. The van der Waals surface area contributed by atoms with Crippen LogP contribution in [0.4, 0.5) is 4.39 Å². The van der Waals surface area contributed by atoms with Crippen LogP contribution in [0.5, 0.6) is 0 Å². The Labute approximate surface area is 155 Å². The molecule has 0 N–H and O–H groups in total. The quantitative estimate of drug-likeness (QED) is 0.518. The Balaban J connectivity index is 1.81. The van der Waals surface area contributed by atoms with Gasteiger partial charge in [0.25, 0.3) is 5.89 Å². The van der Waals surface area contributed by atoms with E-state index in [0.29, 0.717) is 28.5 Å². The number of aromatic nitrogens is 4. The van der Waals surface area contributed by atoms with Crippen molar-refractivity contribution in [2.45, 2.75) is 20.8 Å². The maximum atomic E-state index is 14.7. The van der Waals surface area contributed by atoms with Crippen molar-refractivity contribution >= 4 is 0 Å². The average molecular weight is 360 g/mol. The zero-order valence-corrected chi connectivity index (χ0v) is 15.2. The molecule has 0 fully saturated rings. The highest BCUT2D eigenvalue weighted by atomic mass is 19.1. The largest absolute Gasteiger partial charge is 0.334 e. The smallest absolute Gasteiger partial charge is 0.258 e. The molecule has 1 aromatic carbocycles. The van der Waals surface area contributed by atoms with Crippen molar-refractivity contribution < 1.29 is 8.91 Å². The van der Waals surface area contributed by atoms with Gasteiger partial charge in [0.05, 0.1) is 5.69 Å². The van der Waals surface area contributed by atoms with Gasteiger partial charge in [-0.3, -0.25) is 4.98 Å². The summed E-state index contributed by atoms with van der Waals surface area (Å²) in [5.74, 6) is 0.339. The zero-order valence-electron chi connectivity index (χ0n) is 15.2. The summed E-state index contributed by atoms with van der Waals surface area (Å²) >= 11 is 0. The van der Waals surface area contributed by atoms with Crippen LogP contribution in [-0.4, -0.2) is 20.1 Å². The van der Waals surface area contributed by atoms with Gasteiger partial charge in [-0.25, -0.2) is 9.37 Å².